The molecule has 2 rings (SSSR count). The van der Waals surface area contributed by atoms with Crippen molar-refractivity contribution >= 4 is 32.1 Å². The van der Waals surface area contributed by atoms with Crippen LogP contribution >= 0.6 is 32.1 Å². The van der Waals surface area contributed by atoms with E-state index in [4.69, 9.17) is 0 Å². The topological polar surface area (TPSA) is 40.5 Å². The Morgan fingerprint density at radius 3 is 1.56 bits per heavy atom. The summed E-state index contributed by atoms with van der Waals surface area (Å²) in [6, 6.07) is 19.1. The van der Waals surface area contributed by atoms with E-state index in [1.807, 2.05) is 60.7 Å². The zero-order valence-corrected chi connectivity index (χ0v) is 11.9. The Bertz CT molecular complexity index is 469. The Morgan fingerprint density at radius 1 is 0.833 bits per heavy atom. The fraction of sp³-hybridized carbons (Fsp3) is 0. The molecule has 6 heteroatoms. The number of benzene rings is 2. The molecule has 0 radical (unpaired) electrons. The summed E-state index contributed by atoms with van der Waals surface area (Å²) in [6.07, 6.45) is 0. The van der Waals surface area contributed by atoms with E-state index in [2.05, 4.69) is 0 Å². The van der Waals surface area contributed by atoms with Gasteiger partial charge in [0.05, 0.1) is 3.48 Å². The van der Waals surface area contributed by atoms with Crippen LogP contribution in [0.5, 0.6) is 0 Å². The van der Waals surface area contributed by atoms with Crippen LogP contribution in [-0.4, -0.2) is 8.37 Å². The molecule has 0 aliphatic heterocycles. The van der Waals surface area contributed by atoms with Gasteiger partial charge >= 0.3 is 8.18 Å². The summed E-state index contributed by atoms with van der Waals surface area (Å²) in [5.74, 6) is 0. The predicted octanol–water partition coefficient (Wildman–Crippen LogP) is 4.35. The molecule has 0 aliphatic carbocycles. The molecule has 1 N–H and O–H groups in total. The van der Waals surface area contributed by atoms with Gasteiger partial charge in [-0.1, -0.05) is 36.4 Å². The summed E-state index contributed by atoms with van der Waals surface area (Å²) in [5, 5.41) is 0. The number of nitrogens with zero attached hydrogens (tertiary/aromatic N) is 1. The maximum atomic E-state index is 11.3. The Hall–Kier alpha value is -0.840. The first-order chi connectivity index (χ1) is 8.75. The normalized spacial score (nSPS) is 11.6. The molecular formula is C12H11NO2PS2+. The molecule has 0 aliphatic rings. The fourth-order valence-corrected chi connectivity index (χ4v) is 3.94. The molecule has 0 saturated heterocycles. The summed E-state index contributed by atoms with van der Waals surface area (Å²) in [4.78, 5) is 11.2. The molecule has 0 aromatic heterocycles. The molecule has 92 valence electrons. The van der Waals surface area contributed by atoms with Crippen molar-refractivity contribution in [1.29, 1.82) is 0 Å². The van der Waals surface area contributed by atoms with Gasteiger partial charge in [0, 0.05) is 33.7 Å². The quantitative estimate of drug-likeness (QED) is 0.656. The lowest BCUT2D eigenvalue weighted by atomic mass is 10.4. The van der Waals surface area contributed by atoms with Crippen LogP contribution in [0.3, 0.4) is 0 Å². The predicted molar refractivity (Wildman–Crippen MR) is 76.3 cm³/mol. The van der Waals surface area contributed by atoms with E-state index in [1.54, 1.807) is 0 Å². The highest BCUT2D eigenvalue weighted by atomic mass is 32.2. The molecule has 2 aromatic rings. The van der Waals surface area contributed by atoms with Crippen LogP contribution < -0.4 is 0 Å². The highest BCUT2D eigenvalue weighted by Crippen LogP contribution is 2.44. The van der Waals surface area contributed by atoms with Gasteiger partial charge < -0.3 is 0 Å². The van der Waals surface area contributed by atoms with Gasteiger partial charge in [-0.25, -0.2) is 0 Å². The second-order valence-corrected chi connectivity index (χ2v) is 7.02. The summed E-state index contributed by atoms with van der Waals surface area (Å²) in [5.41, 5.74) is 0. The van der Waals surface area contributed by atoms with Gasteiger partial charge in [0.1, 0.15) is 0 Å². The van der Waals surface area contributed by atoms with Gasteiger partial charge in [0.15, 0.2) is 0 Å². The third kappa shape index (κ3) is 4.12. The van der Waals surface area contributed by atoms with Crippen LogP contribution in [-0.2, 0) is 4.57 Å². The van der Waals surface area contributed by atoms with Gasteiger partial charge in [-0.3, -0.25) is 0 Å². The fourth-order valence-electron chi connectivity index (χ4n) is 1.23. The van der Waals surface area contributed by atoms with E-state index in [0.717, 1.165) is 9.79 Å². The molecule has 2 aromatic carbocycles. The standard InChI is InChI=1S/C12H10NO2PS2/c14-16(15)13(17-11-7-3-1-4-8-11)18-12-9-5-2-6-10-12/h1-10H/p+1. The van der Waals surface area contributed by atoms with E-state index in [-0.39, 0.29) is 0 Å². The molecule has 0 bridgehead atoms. The van der Waals surface area contributed by atoms with Crippen molar-refractivity contribution < 1.29 is 9.46 Å². The van der Waals surface area contributed by atoms with Crippen molar-refractivity contribution in [3.63, 3.8) is 0 Å². The van der Waals surface area contributed by atoms with Crippen molar-refractivity contribution in [2.75, 3.05) is 0 Å². The number of hydrogen-bond acceptors (Lipinski definition) is 3. The average molecular weight is 296 g/mol. The molecule has 0 amide bonds. The average Bonchev–Trinajstić information content (AvgIpc) is 2.40. The molecule has 18 heavy (non-hydrogen) atoms. The van der Waals surface area contributed by atoms with Crippen molar-refractivity contribution in [2.45, 2.75) is 9.79 Å². The first-order valence-electron chi connectivity index (χ1n) is 5.18. The molecule has 0 heterocycles. The van der Waals surface area contributed by atoms with E-state index in [1.165, 1.54) is 27.4 Å². The highest BCUT2D eigenvalue weighted by molar-refractivity contribution is 8.16. The van der Waals surface area contributed by atoms with Gasteiger partial charge in [-0.05, 0) is 28.8 Å². The highest BCUT2D eigenvalue weighted by Gasteiger charge is 2.29. The lowest BCUT2D eigenvalue weighted by molar-refractivity contribution is 0.488. The van der Waals surface area contributed by atoms with Crippen LogP contribution in [0, 0.1) is 0 Å². The minimum absolute atomic E-state index is 0.929. The molecule has 0 saturated carbocycles. The van der Waals surface area contributed by atoms with Crippen molar-refractivity contribution in [1.82, 2.24) is 3.48 Å². The second kappa shape index (κ2) is 6.92. The van der Waals surface area contributed by atoms with E-state index < -0.39 is 8.18 Å². The summed E-state index contributed by atoms with van der Waals surface area (Å²) in [7, 11) is -2.40. The van der Waals surface area contributed by atoms with Crippen LogP contribution in [0.4, 0.5) is 0 Å². The third-order valence-electron chi connectivity index (χ3n) is 1.99. The Morgan fingerprint density at radius 2 is 1.22 bits per heavy atom. The number of hydrogen-bond donors (Lipinski definition) is 1. The summed E-state index contributed by atoms with van der Waals surface area (Å²) < 4.78 is 12.7. The smallest absolute Gasteiger partial charge is 0.143 e. The van der Waals surface area contributed by atoms with Crippen LogP contribution in [0.1, 0.15) is 0 Å². The minimum atomic E-state index is -2.40. The Labute approximate surface area is 115 Å². The molecule has 0 fully saturated rings. The maximum absolute atomic E-state index is 11.3. The molecule has 3 nitrogen and oxygen atoms in total. The van der Waals surface area contributed by atoms with Gasteiger partial charge in [-0.15, -0.1) is 4.89 Å². The minimum Gasteiger partial charge on any atom is -0.143 e. The van der Waals surface area contributed by atoms with Gasteiger partial charge in [0.25, 0.3) is 0 Å². The van der Waals surface area contributed by atoms with Crippen molar-refractivity contribution in [3.8, 4) is 0 Å². The first kappa shape index (κ1) is 13.6. The molecular weight excluding hydrogens is 285 g/mol. The lowest BCUT2D eigenvalue weighted by Gasteiger charge is -2.06. The van der Waals surface area contributed by atoms with Crippen LogP contribution in [0.25, 0.3) is 0 Å². The second-order valence-electron chi connectivity index (χ2n) is 3.30. The third-order valence-corrected chi connectivity index (χ3v) is 5.33. The Kier molecular flexibility index (Phi) is 5.23. The van der Waals surface area contributed by atoms with Gasteiger partial charge in [-0.2, -0.15) is 0 Å². The molecule has 1 unspecified atom stereocenters. The van der Waals surface area contributed by atoms with E-state index >= 15 is 0 Å². The van der Waals surface area contributed by atoms with Crippen LogP contribution in [0.2, 0.25) is 0 Å². The number of rotatable bonds is 5. The van der Waals surface area contributed by atoms with Crippen molar-refractivity contribution in [3.05, 3.63) is 60.7 Å². The SMILES string of the molecule is O=[P+](O)N(Sc1ccccc1)Sc1ccccc1. The zero-order valence-electron chi connectivity index (χ0n) is 9.34. The summed E-state index contributed by atoms with van der Waals surface area (Å²) >= 11 is 2.51. The van der Waals surface area contributed by atoms with E-state index in [0.29, 0.717) is 0 Å². The van der Waals surface area contributed by atoms with Crippen molar-refractivity contribution in [2.24, 2.45) is 0 Å². The molecule has 0 spiro atoms. The lowest BCUT2D eigenvalue weighted by Crippen LogP contribution is -1.94. The largest absolute Gasteiger partial charge is 0.635 e. The zero-order chi connectivity index (χ0) is 12.8. The maximum Gasteiger partial charge on any atom is 0.635 e. The van der Waals surface area contributed by atoms with Gasteiger partial charge in [0.2, 0.25) is 0 Å². The van der Waals surface area contributed by atoms with Crippen LogP contribution in [0.15, 0.2) is 70.5 Å². The molecule has 1 atom stereocenters. The Balaban J connectivity index is 2.08. The summed E-state index contributed by atoms with van der Waals surface area (Å²) in [6.45, 7) is 0. The van der Waals surface area contributed by atoms with E-state index in [9.17, 15) is 9.46 Å². The monoisotopic (exact) mass is 296 g/mol. The first-order valence-corrected chi connectivity index (χ1v) is 7.89.